The van der Waals surface area contributed by atoms with E-state index in [1.807, 2.05) is 0 Å². The summed E-state index contributed by atoms with van der Waals surface area (Å²) < 4.78 is 57.8. The SMILES string of the molecule is Cn1c(C(F)(F)F)cc(=O)n(-c2cc(OC(=O)CCl)c(Cl)cc2F)c1=O. The van der Waals surface area contributed by atoms with Gasteiger partial charge in [-0.15, -0.1) is 11.6 Å². The van der Waals surface area contributed by atoms with E-state index >= 15 is 0 Å². The first-order valence-electron chi connectivity index (χ1n) is 6.63. The number of halogens is 6. The molecule has 0 aliphatic heterocycles. The van der Waals surface area contributed by atoms with Crippen LogP contribution in [0.15, 0.2) is 27.8 Å². The zero-order valence-electron chi connectivity index (χ0n) is 12.7. The second-order valence-corrected chi connectivity index (χ2v) is 5.56. The molecule has 26 heavy (non-hydrogen) atoms. The number of hydrogen-bond donors (Lipinski definition) is 0. The summed E-state index contributed by atoms with van der Waals surface area (Å²) in [6, 6.07) is 1.51. The minimum Gasteiger partial charge on any atom is -0.424 e. The summed E-state index contributed by atoms with van der Waals surface area (Å²) in [4.78, 5) is 35.4. The van der Waals surface area contributed by atoms with Gasteiger partial charge in [0.25, 0.3) is 5.56 Å². The van der Waals surface area contributed by atoms with Crippen LogP contribution in [0, 0.1) is 5.82 Å². The fourth-order valence-corrected chi connectivity index (χ4v) is 2.28. The molecule has 0 spiro atoms. The van der Waals surface area contributed by atoms with E-state index in [9.17, 15) is 31.9 Å². The number of ether oxygens (including phenoxy) is 1. The van der Waals surface area contributed by atoms with Gasteiger partial charge in [0.05, 0.1) is 10.7 Å². The molecule has 0 N–H and O–H groups in total. The molecule has 0 radical (unpaired) electrons. The number of alkyl halides is 4. The number of carbonyl (C=O) groups excluding carboxylic acids is 1. The lowest BCUT2D eigenvalue weighted by Gasteiger charge is -2.15. The van der Waals surface area contributed by atoms with Gasteiger partial charge in [0.15, 0.2) is 5.75 Å². The highest BCUT2D eigenvalue weighted by molar-refractivity contribution is 6.32. The van der Waals surface area contributed by atoms with Crippen molar-refractivity contribution in [3.05, 3.63) is 55.6 Å². The molecule has 6 nitrogen and oxygen atoms in total. The molecule has 12 heteroatoms. The second kappa shape index (κ2) is 7.12. The first-order valence-corrected chi connectivity index (χ1v) is 7.55. The summed E-state index contributed by atoms with van der Waals surface area (Å²) in [5.41, 5.74) is -5.14. The van der Waals surface area contributed by atoms with Gasteiger partial charge in [-0.25, -0.2) is 13.8 Å². The minimum absolute atomic E-state index is 0.139. The van der Waals surface area contributed by atoms with Gasteiger partial charge < -0.3 is 4.74 Å². The molecule has 1 aromatic heterocycles. The maximum Gasteiger partial charge on any atom is 0.431 e. The number of benzene rings is 1. The van der Waals surface area contributed by atoms with E-state index in [1.165, 1.54) is 0 Å². The first kappa shape index (κ1) is 20.0. The second-order valence-electron chi connectivity index (χ2n) is 4.88. The molecular formula is C14H8Cl2F4N2O4. The van der Waals surface area contributed by atoms with E-state index in [2.05, 4.69) is 0 Å². The number of hydrogen-bond acceptors (Lipinski definition) is 4. The van der Waals surface area contributed by atoms with E-state index in [4.69, 9.17) is 27.9 Å². The van der Waals surface area contributed by atoms with Gasteiger partial charge in [0.2, 0.25) is 0 Å². The smallest absolute Gasteiger partial charge is 0.424 e. The van der Waals surface area contributed by atoms with Crippen LogP contribution in [0.2, 0.25) is 5.02 Å². The summed E-state index contributed by atoms with van der Waals surface area (Å²) >= 11 is 11.0. The normalized spacial score (nSPS) is 11.5. The van der Waals surface area contributed by atoms with E-state index < -0.39 is 52.2 Å². The Morgan fingerprint density at radius 3 is 2.38 bits per heavy atom. The third kappa shape index (κ3) is 3.75. The summed E-state index contributed by atoms with van der Waals surface area (Å²) in [6.45, 7) is 0. The van der Waals surface area contributed by atoms with Crippen molar-refractivity contribution >= 4 is 29.2 Å². The van der Waals surface area contributed by atoms with Gasteiger partial charge in [0.1, 0.15) is 17.4 Å². The highest BCUT2D eigenvalue weighted by Gasteiger charge is 2.35. The molecule has 0 unspecified atom stereocenters. The molecule has 0 fully saturated rings. The summed E-state index contributed by atoms with van der Waals surface area (Å²) in [6.07, 6.45) is -4.97. The summed E-state index contributed by atoms with van der Waals surface area (Å²) in [5, 5.41) is -0.374. The van der Waals surface area contributed by atoms with E-state index in [-0.39, 0.29) is 20.2 Å². The predicted molar refractivity (Wildman–Crippen MR) is 83.6 cm³/mol. The monoisotopic (exact) mass is 414 g/mol. The molecule has 0 aliphatic rings. The minimum atomic E-state index is -4.97. The van der Waals surface area contributed by atoms with Crippen LogP contribution in [0.1, 0.15) is 5.69 Å². The average molecular weight is 415 g/mol. The van der Waals surface area contributed by atoms with Crippen molar-refractivity contribution in [1.82, 2.24) is 9.13 Å². The molecule has 0 aliphatic carbocycles. The van der Waals surface area contributed by atoms with Gasteiger partial charge in [0, 0.05) is 19.2 Å². The standard InChI is InChI=1S/C14H8Cl2F4N2O4/c1-21-10(14(18,19)20)4-11(23)22(13(21)25)8-3-9(26-12(24)5-15)6(16)2-7(8)17/h2-4H,5H2,1H3. The van der Waals surface area contributed by atoms with Crippen molar-refractivity contribution < 1.29 is 27.1 Å². The molecule has 1 heterocycles. The molecule has 2 rings (SSSR count). The van der Waals surface area contributed by atoms with Crippen LogP contribution in [-0.4, -0.2) is 21.0 Å². The first-order chi connectivity index (χ1) is 12.0. The highest BCUT2D eigenvalue weighted by Crippen LogP contribution is 2.30. The van der Waals surface area contributed by atoms with Gasteiger partial charge in [-0.3, -0.25) is 14.2 Å². The number of esters is 1. The van der Waals surface area contributed by atoms with Crippen LogP contribution in [0.3, 0.4) is 0 Å². The van der Waals surface area contributed by atoms with E-state index in [1.54, 1.807) is 0 Å². The molecule has 0 atom stereocenters. The summed E-state index contributed by atoms with van der Waals surface area (Å²) in [7, 11) is 0.767. The Balaban J connectivity index is 2.75. The van der Waals surface area contributed by atoms with Crippen molar-refractivity contribution in [2.24, 2.45) is 7.05 Å². The van der Waals surface area contributed by atoms with Crippen molar-refractivity contribution in [1.29, 1.82) is 0 Å². The lowest BCUT2D eigenvalue weighted by atomic mass is 10.2. The molecular weight excluding hydrogens is 407 g/mol. The predicted octanol–water partition coefficient (Wildman–Crippen LogP) is 2.49. The summed E-state index contributed by atoms with van der Waals surface area (Å²) in [5.74, 6) is -3.15. The van der Waals surface area contributed by atoms with Crippen LogP contribution in [0.4, 0.5) is 17.6 Å². The lowest BCUT2D eigenvalue weighted by Crippen LogP contribution is -2.41. The van der Waals surface area contributed by atoms with E-state index in [0.717, 1.165) is 13.1 Å². The largest absolute Gasteiger partial charge is 0.431 e. The fourth-order valence-electron chi connectivity index (χ4n) is 2.04. The Hall–Kier alpha value is -2.33. The average Bonchev–Trinajstić information content (AvgIpc) is 2.53. The molecule has 0 amide bonds. The maximum atomic E-state index is 14.2. The van der Waals surface area contributed by atoms with Gasteiger partial charge in [-0.2, -0.15) is 13.2 Å². The molecule has 0 bridgehead atoms. The lowest BCUT2D eigenvalue weighted by molar-refractivity contribution is -0.144. The Kier molecular flexibility index (Phi) is 5.47. The van der Waals surface area contributed by atoms with Crippen molar-refractivity contribution in [3.63, 3.8) is 0 Å². The third-order valence-electron chi connectivity index (χ3n) is 3.19. The topological polar surface area (TPSA) is 70.3 Å². The van der Waals surface area contributed by atoms with Crippen molar-refractivity contribution in [2.45, 2.75) is 6.18 Å². The van der Waals surface area contributed by atoms with Crippen molar-refractivity contribution in [2.75, 3.05) is 5.88 Å². The zero-order chi connectivity index (χ0) is 19.8. The van der Waals surface area contributed by atoms with Crippen LogP contribution < -0.4 is 16.0 Å². The molecule has 0 saturated heterocycles. The highest BCUT2D eigenvalue weighted by atomic mass is 35.5. The van der Waals surface area contributed by atoms with Crippen LogP contribution in [0.25, 0.3) is 5.69 Å². The number of aromatic nitrogens is 2. The van der Waals surface area contributed by atoms with Gasteiger partial charge >= 0.3 is 17.8 Å². The molecule has 0 saturated carbocycles. The molecule has 2 aromatic rings. The molecule has 140 valence electrons. The Morgan fingerprint density at radius 1 is 1.23 bits per heavy atom. The number of carbonyl (C=O) groups is 1. The van der Waals surface area contributed by atoms with Gasteiger partial charge in [-0.05, 0) is 6.07 Å². The third-order valence-corrected chi connectivity index (χ3v) is 3.70. The Labute approximate surface area is 152 Å². The quantitative estimate of drug-likeness (QED) is 0.335. The van der Waals surface area contributed by atoms with Crippen LogP contribution in [-0.2, 0) is 18.0 Å². The Morgan fingerprint density at radius 2 is 1.85 bits per heavy atom. The van der Waals surface area contributed by atoms with Crippen LogP contribution in [0.5, 0.6) is 5.75 Å². The zero-order valence-corrected chi connectivity index (χ0v) is 14.2. The number of nitrogens with zero attached hydrogens (tertiary/aromatic N) is 2. The van der Waals surface area contributed by atoms with Crippen LogP contribution >= 0.6 is 23.2 Å². The Bertz CT molecular complexity index is 998. The fraction of sp³-hybridized carbons (Fsp3) is 0.214. The molecule has 1 aromatic carbocycles. The number of rotatable bonds is 3. The van der Waals surface area contributed by atoms with E-state index in [0.29, 0.717) is 6.07 Å². The maximum absolute atomic E-state index is 14.2. The van der Waals surface area contributed by atoms with Gasteiger partial charge in [-0.1, -0.05) is 11.6 Å². The van der Waals surface area contributed by atoms with Crippen molar-refractivity contribution in [3.8, 4) is 11.4 Å².